The van der Waals surface area contributed by atoms with Crippen LogP contribution in [-0.4, -0.2) is 26.0 Å². The quantitative estimate of drug-likeness (QED) is 0.384. The van der Waals surface area contributed by atoms with Crippen molar-refractivity contribution >= 4 is 11.9 Å². The van der Waals surface area contributed by atoms with Crippen LogP contribution >= 0.6 is 0 Å². The molecular weight excluding hydrogens is 132 g/mol. The van der Waals surface area contributed by atoms with E-state index in [1.54, 1.807) is 11.9 Å². The molecule has 0 aromatic carbocycles. The van der Waals surface area contributed by atoms with Crippen LogP contribution in [0.3, 0.4) is 0 Å². The van der Waals surface area contributed by atoms with Gasteiger partial charge < -0.3 is 10.6 Å². The summed E-state index contributed by atoms with van der Waals surface area (Å²) < 4.78 is 0. The molecular formula is C6H8N2O2. The molecule has 0 amide bonds. The normalized spacial score (nSPS) is 7.00. The van der Waals surface area contributed by atoms with Gasteiger partial charge in [-0.05, 0) is 0 Å². The molecule has 4 nitrogen and oxygen atoms in total. The van der Waals surface area contributed by atoms with Gasteiger partial charge in [-0.2, -0.15) is 0 Å². The van der Waals surface area contributed by atoms with Crippen molar-refractivity contribution in [3.63, 3.8) is 0 Å². The Morgan fingerprint density at radius 2 is 1.30 bits per heavy atom. The van der Waals surface area contributed by atoms with Crippen molar-refractivity contribution in [1.82, 2.24) is 10.6 Å². The van der Waals surface area contributed by atoms with E-state index >= 15 is 0 Å². The topological polar surface area (TPSA) is 58.2 Å². The van der Waals surface area contributed by atoms with E-state index in [1.807, 2.05) is 0 Å². The molecule has 0 unspecified atom stereocenters. The number of hydrogen-bond acceptors (Lipinski definition) is 4. The molecule has 0 saturated carbocycles. The van der Waals surface area contributed by atoms with Crippen molar-refractivity contribution in [3.05, 3.63) is 11.4 Å². The maximum Gasteiger partial charge on any atom is 0.154 e. The average Bonchev–Trinajstić information content (AvgIpc) is 2.00. The van der Waals surface area contributed by atoms with Gasteiger partial charge in [-0.1, -0.05) is 0 Å². The van der Waals surface area contributed by atoms with Crippen molar-refractivity contribution in [2.75, 3.05) is 14.1 Å². The van der Waals surface area contributed by atoms with Crippen LogP contribution in [0.2, 0.25) is 0 Å². The molecule has 0 saturated heterocycles. The van der Waals surface area contributed by atoms with E-state index in [2.05, 4.69) is 10.6 Å². The van der Waals surface area contributed by atoms with Crippen molar-refractivity contribution in [3.8, 4) is 0 Å². The Hall–Kier alpha value is -1.50. The lowest BCUT2D eigenvalue weighted by Gasteiger charge is -2.00. The molecule has 0 aliphatic heterocycles. The van der Waals surface area contributed by atoms with Crippen molar-refractivity contribution < 1.29 is 9.59 Å². The van der Waals surface area contributed by atoms with Gasteiger partial charge in [0, 0.05) is 14.1 Å². The first-order valence-corrected chi connectivity index (χ1v) is 2.66. The SMILES string of the molecule is CNC(=C=O)C(=C=O)NC. The Morgan fingerprint density at radius 3 is 1.40 bits per heavy atom. The fraction of sp³-hybridized carbons (Fsp3) is 0.333. The third-order valence-corrected chi connectivity index (χ3v) is 0.954. The molecule has 0 heterocycles. The van der Waals surface area contributed by atoms with Crippen LogP contribution in [0.4, 0.5) is 0 Å². The summed E-state index contributed by atoms with van der Waals surface area (Å²) in [6.45, 7) is 0. The van der Waals surface area contributed by atoms with Gasteiger partial charge in [0.05, 0.1) is 0 Å². The van der Waals surface area contributed by atoms with Gasteiger partial charge in [0.1, 0.15) is 0 Å². The maximum absolute atomic E-state index is 10.0. The molecule has 0 aromatic heterocycles. The van der Waals surface area contributed by atoms with Crippen LogP contribution in [0.5, 0.6) is 0 Å². The molecule has 54 valence electrons. The second-order valence-electron chi connectivity index (χ2n) is 1.45. The van der Waals surface area contributed by atoms with Crippen LogP contribution in [0.15, 0.2) is 11.4 Å². The van der Waals surface area contributed by atoms with Crippen molar-refractivity contribution in [2.24, 2.45) is 0 Å². The Balaban J connectivity index is 4.60. The van der Waals surface area contributed by atoms with Crippen LogP contribution < -0.4 is 10.6 Å². The predicted octanol–water partition coefficient (Wildman–Crippen LogP) is -1.14. The zero-order chi connectivity index (χ0) is 7.98. The van der Waals surface area contributed by atoms with Gasteiger partial charge in [-0.25, -0.2) is 9.59 Å². The highest BCUT2D eigenvalue weighted by atomic mass is 16.1. The third kappa shape index (κ3) is 1.78. The van der Waals surface area contributed by atoms with E-state index in [-0.39, 0.29) is 11.4 Å². The van der Waals surface area contributed by atoms with Crippen LogP contribution in [-0.2, 0) is 9.59 Å². The predicted molar refractivity (Wildman–Crippen MR) is 36.5 cm³/mol. The highest BCUT2D eigenvalue weighted by Crippen LogP contribution is 1.89. The Morgan fingerprint density at radius 1 is 1.00 bits per heavy atom. The highest BCUT2D eigenvalue weighted by Gasteiger charge is 2.00. The average molecular weight is 140 g/mol. The molecule has 2 N–H and O–H groups in total. The Bertz CT molecular complexity index is 186. The van der Waals surface area contributed by atoms with Gasteiger partial charge in [-0.15, -0.1) is 0 Å². The molecule has 10 heavy (non-hydrogen) atoms. The second kappa shape index (κ2) is 4.39. The van der Waals surface area contributed by atoms with Gasteiger partial charge in [0.25, 0.3) is 0 Å². The van der Waals surface area contributed by atoms with Gasteiger partial charge >= 0.3 is 0 Å². The molecule has 0 aliphatic rings. The number of likely N-dealkylation sites (N-methyl/N-ethyl adjacent to an activating group) is 2. The minimum atomic E-state index is 0.0810. The van der Waals surface area contributed by atoms with Crippen LogP contribution in [0.25, 0.3) is 0 Å². The standard InChI is InChI=1S/C6H8N2O2/c1-7-5(3-9)6(4-10)8-2/h7-8H,1-2H3. The third-order valence-electron chi connectivity index (χ3n) is 0.954. The largest absolute Gasteiger partial charge is 0.377 e. The van der Waals surface area contributed by atoms with E-state index in [4.69, 9.17) is 0 Å². The molecule has 0 spiro atoms. The number of hydrogen-bond donors (Lipinski definition) is 2. The number of carbonyl (C=O) groups excluding carboxylic acids is 2. The van der Waals surface area contributed by atoms with E-state index < -0.39 is 0 Å². The van der Waals surface area contributed by atoms with Crippen molar-refractivity contribution in [1.29, 1.82) is 0 Å². The minimum absolute atomic E-state index is 0.0810. The molecule has 0 rings (SSSR count). The number of nitrogens with one attached hydrogen (secondary N) is 2. The lowest BCUT2D eigenvalue weighted by molar-refractivity contribution is 0.560. The first-order valence-electron chi connectivity index (χ1n) is 2.66. The molecule has 0 radical (unpaired) electrons. The smallest absolute Gasteiger partial charge is 0.154 e. The lowest BCUT2D eigenvalue weighted by Crippen LogP contribution is -2.18. The van der Waals surface area contributed by atoms with Crippen LogP contribution in [0.1, 0.15) is 0 Å². The summed E-state index contributed by atoms with van der Waals surface area (Å²) in [4.78, 5) is 20.1. The summed E-state index contributed by atoms with van der Waals surface area (Å²) in [7, 11) is 3.05. The maximum atomic E-state index is 10.0. The van der Waals surface area contributed by atoms with Crippen LogP contribution in [0, 0.1) is 0 Å². The Kier molecular flexibility index (Phi) is 3.73. The Labute approximate surface area is 58.6 Å². The van der Waals surface area contributed by atoms with E-state index in [9.17, 15) is 9.59 Å². The lowest BCUT2D eigenvalue weighted by atomic mass is 10.4. The minimum Gasteiger partial charge on any atom is -0.377 e. The fourth-order valence-corrected chi connectivity index (χ4v) is 0.454. The fourth-order valence-electron chi connectivity index (χ4n) is 0.454. The van der Waals surface area contributed by atoms with E-state index in [0.29, 0.717) is 0 Å². The zero-order valence-corrected chi connectivity index (χ0v) is 5.82. The summed E-state index contributed by atoms with van der Waals surface area (Å²) in [5.41, 5.74) is 0.162. The first-order chi connectivity index (χ1) is 4.79. The van der Waals surface area contributed by atoms with E-state index in [0.717, 1.165) is 0 Å². The zero-order valence-electron chi connectivity index (χ0n) is 5.82. The van der Waals surface area contributed by atoms with E-state index in [1.165, 1.54) is 14.1 Å². The molecule has 0 fully saturated rings. The first kappa shape index (κ1) is 8.50. The molecule has 0 atom stereocenters. The van der Waals surface area contributed by atoms with Gasteiger partial charge in [-0.3, -0.25) is 0 Å². The summed E-state index contributed by atoms with van der Waals surface area (Å²) in [6, 6.07) is 0. The highest BCUT2D eigenvalue weighted by molar-refractivity contribution is 5.69. The van der Waals surface area contributed by atoms with Gasteiger partial charge in [0.15, 0.2) is 23.3 Å². The molecule has 0 aliphatic carbocycles. The monoisotopic (exact) mass is 140 g/mol. The van der Waals surface area contributed by atoms with Gasteiger partial charge in [0.2, 0.25) is 0 Å². The molecule has 0 aromatic rings. The van der Waals surface area contributed by atoms with Crippen molar-refractivity contribution in [2.45, 2.75) is 0 Å². The summed E-state index contributed by atoms with van der Waals surface area (Å²) in [5, 5.41) is 4.97. The summed E-state index contributed by atoms with van der Waals surface area (Å²) in [5.74, 6) is 3.09. The second-order valence-corrected chi connectivity index (χ2v) is 1.45. The number of rotatable bonds is 3. The summed E-state index contributed by atoms with van der Waals surface area (Å²) in [6.07, 6.45) is 0. The molecule has 0 bridgehead atoms. The molecule has 4 heteroatoms. The summed E-state index contributed by atoms with van der Waals surface area (Å²) >= 11 is 0.